The van der Waals surface area contributed by atoms with Crippen molar-refractivity contribution in [1.82, 2.24) is 10.2 Å². The first-order valence-corrected chi connectivity index (χ1v) is 15.8. The second kappa shape index (κ2) is 13.2. The lowest BCUT2D eigenvalue weighted by molar-refractivity contribution is -0.139. The molecule has 1 N–H and O–H groups in total. The molecule has 3 aromatic rings. The third-order valence-electron chi connectivity index (χ3n) is 7.09. The molecule has 212 valence electrons. The summed E-state index contributed by atoms with van der Waals surface area (Å²) in [6, 6.07) is 19.6. The van der Waals surface area contributed by atoms with E-state index in [1.165, 1.54) is 23.1 Å². The van der Waals surface area contributed by atoms with Gasteiger partial charge < -0.3 is 10.2 Å². The second-order valence-electron chi connectivity index (χ2n) is 10.1. The number of nitrogens with one attached hydrogen (secondary N) is 1. The lowest BCUT2D eigenvalue weighted by atomic mass is 10.1. The second-order valence-corrected chi connectivity index (χ2v) is 13.3. The molecular weight excluding hydrogens is 614 g/mol. The Morgan fingerprint density at radius 2 is 1.70 bits per heavy atom. The fourth-order valence-corrected chi connectivity index (χ4v) is 6.84. The van der Waals surface area contributed by atoms with Crippen LogP contribution in [0.15, 0.2) is 82.2 Å². The van der Waals surface area contributed by atoms with E-state index in [0.717, 1.165) is 45.6 Å². The molecule has 4 rings (SSSR count). The Labute approximate surface area is 249 Å². The summed E-state index contributed by atoms with van der Waals surface area (Å²) in [4.78, 5) is 28.8. The van der Waals surface area contributed by atoms with E-state index in [0.29, 0.717) is 5.02 Å². The molecule has 0 saturated heterocycles. The minimum Gasteiger partial charge on any atom is -0.352 e. The van der Waals surface area contributed by atoms with Crippen LogP contribution in [0.1, 0.15) is 43.7 Å². The third kappa shape index (κ3) is 7.44. The molecule has 1 aliphatic rings. The van der Waals surface area contributed by atoms with Crippen LogP contribution in [0.3, 0.4) is 0 Å². The molecule has 2 amide bonds. The molecule has 10 heteroatoms. The minimum absolute atomic E-state index is 0.0523. The van der Waals surface area contributed by atoms with E-state index >= 15 is 0 Å². The zero-order valence-electron chi connectivity index (χ0n) is 22.5. The van der Waals surface area contributed by atoms with E-state index in [1.54, 1.807) is 37.3 Å². The fourth-order valence-electron chi connectivity index (χ4n) is 4.80. The summed E-state index contributed by atoms with van der Waals surface area (Å²) in [6.45, 7) is 3.17. The predicted octanol–water partition coefficient (Wildman–Crippen LogP) is 6.08. The summed E-state index contributed by atoms with van der Waals surface area (Å²) in [5, 5.41) is 3.41. The first-order chi connectivity index (χ1) is 19.0. The third-order valence-corrected chi connectivity index (χ3v) is 9.61. The van der Waals surface area contributed by atoms with Crippen LogP contribution in [0.4, 0.5) is 5.69 Å². The van der Waals surface area contributed by atoms with Crippen LogP contribution < -0.4 is 9.62 Å². The first-order valence-electron chi connectivity index (χ1n) is 13.2. The summed E-state index contributed by atoms with van der Waals surface area (Å²) in [5.41, 5.74) is 1.97. The van der Waals surface area contributed by atoms with Crippen molar-refractivity contribution in [3.8, 4) is 0 Å². The highest BCUT2D eigenvalue weighted by atomic mass is 79.9. The number of anilines is 1. The van der Waals surface area contributed by atoms with Gasteiger partial charge in [-0.2, -0.15) is 0 Å². The van der Waals surface area contributed by atoms with Crippen molar-refractivity contribution in [3.05, 3.63) is 93.4 Å². The number of benzene rings is 3. The van der Waals surface area contributed by atoms with Gasteiger partial charge in [0.25, 0.3) is 10.0 Å². The molecule has 0 radical (unpaired) electrons. The lowest BCUT2D eigenvalue weighted by Gasteiger charge is -2.32. The highest BCUT2D eigenvalue weighted by Crippen LogP contribution is 2.27. The number of sulfonamides is 1. The van der Waals surface area contributed by atoms with Crippen molar-refractivity contribution in [2.24, 2.45) is 0 Å². The average molecular weight is 647 g/mol. The van der Waals surface area contributed by atoms with Crippen molar-refractivity contribution < 1.29 is 18.0 Å². The molecule has 3 aromatic carbocycles. The van der Waals surface area contributed by atoms with E-state index in [4.69, 9.17) is 11.6 Å². The summed E-state index contributed by atoms with van der Waals surface area (Å²) in [6.07, 6.45) is 3.95. The zero-order valence-corrected chi connectivity index (χ0v) is 25.7. The number of rotatable bonds is 10. The number of aryl methyl sites for hydroxylation is 1. The number of halogens is 2. The highest BCUT2D eigenvalue weighted by Gasteiger charge is 2.33. The average Bonchev–Trinajstić information content (AvgIpc) is 3.43. The maximum Gasteiger partial charge on any atom is 0.264 e. The number of hydrogen-bond acceptors (Lipinski definition) is 4. The normalized spacial score (nSPS) is 14.5. The molecule has 1 aliphatic carbocycles. The molecule has 40 heavy (non-hydrogen) atoms. The Morgan fingerprint density at radius 3 is 2.35 bits per heavy atom. The van der Waals surface area contributed by atoms with E-state index in [9.17, 15) is 18.0 Å². The number of nitrogens with zero attached hydrogens (tertiary/aromatic N) is 2. The molecule has 7 nitrogen and oxygen atoms in total. The van der Waals surface area contributed by atoms with Gasteiger partial charge in [-0.15, -0.1) is 0 Å². The lowest BCUT2D eigenvalue weighted by Crippen LogP contribution is -2.52. The van der Waals surface area contributed by atoms with Crippen LogP contribution in [0.25, 0.3) is 0 Å². The van der Waals surface area contributed by atoms with Gasteiger partial charge in [-0.1, -0.05) is 76.3 Å². The number of carbonyl (C=O) groups excluding carboxylic acids is 2. The van der Waals surface area contributed by atoms with Crippen molar-refractivity contribution in [2.75, 3.05) is 10.8 Å². The van der Waals surface area contributed by atoms with Gasteiger partial charge in [0, 0.05) is 22.1 Å². The van der Waals surface area contributed by atoms with Gasteiger partial charge in [0.05, 0.1) is 10.6 Å². The molecule has 1 fully saturated rings. The quantitative estimate of drug-likeness (QED) is 0.289. The number of carbonyl (C=O) groups is 2. The standard InChI is InChI=1S/C30H33BrClN3O4S/c1-21-13-15-28(16-14-21)40(38,39)35(27-12-6-9-25(32)18-27)20-29(36)34(19-23-7-5-8-24(31)17-23)22(2)30(37)33-26-10-3-4-11-26/h5-9,12-18,22,26H,3-4,10-11,19-20H2,1-2H3,(H,33,37)/t22-/m1/s1. The largest absolute Gasteiger partial charge is 0.352 e. The molecule has 0 unspecified atom stereocenters. The molecule has 0 aromatic heterocycles. The summed E-state index contributed by atoms with van der Waals surface area (Å²) >= 11 is 9.69. The minimum atomic E-state index is -4.14. The Bertz CT molecular complexity index is 1460. The van der Waals surface area contributed by atoms with Gasteiger partial charge in [0.15, 0.2) is 0 Å². The zero-order chi connectivity index (χ0) is 28.9. The van der Waals surface area contributed by atoms with E-state index in [1.807, 2.05) is 31.2 Å². The monoisotopic (exact) mass is 645 g/mol. The van der Waals surface area contributed by atoms with Crippen LogP contribution in [0.2, 0.25) is 5.02 Å². The molecule has 1 saturated carbocycles. The van der Waals surface area contributed by atoms with Crippen LogP contribution in [0, 0.1) is 6.92 Å². The van der Waals surface area contributed by atoms with Gasteiger partial charge in [-0.05, 0) is 74.7 Å². The van der Waals surface area contributed by atoms with Gasteiger partial charge in [0.1, 0.15) is 12.6 Å². The first kappa shape index (κ1) is 30.1. The van der Waals surface area contributed by atoms with Crippen molar-refractivity contribution in [1.29, 1.82) is 0 Å². The van der Waals surface area contributed by atoms with Crippen molar-refractivity contribution >= 4 is 55.1 Å². The Morgan fingerprint density at radius 1 is 1.02 bits per heavy atom. The maximum absolute atomic E-state index is 14.0. The van der Waals surface area contributed by atoms with Crippen LogP contribution in [-0.4, -0.2) is 43.8 Å². The number of hydrogen-bond donors (Lipinski definition) is 1. The van der Waals surface area contributed by atoms with E-state index < -0.39 is 28.5 Å². The molecule has 0 aliphatic heterocycles. The summed E-state index contributed by atoms with van der Waals surface area (Å²) in [5.74, 6) is -0.768. The van der Waals surface area contributed by atoms with Crippen LogP contribution in [0.5, 0.6) is 0 Å². The summed E-state index contributed by atoms with van der Waals surface area (Å²) < 4.78 is 29.6. The smallest absolute Gasteiger partial charge is 0.264 e. The summed E-state index contributed by atoms with van der Waals surface area (Å²) in [7, 11) is -4.14. The fraction of sp³-hybridized carbons (Fsp3) is 0.333. The molecule has 0 heterocycles. The number of amides is 2. The topological polar surface area (TPSA) is 86.8 Å². The van der Waals surface area contributed by atoms with Crippen LogP contribution >= 0.6 is 27.5 Å². The molecule has 1 atom stereocenters. The Hall–Kier alpha value is -2.88. The van der Waals surface area contributed by atoms with Gasteiger partial charge in [0.2, 0.25) is 11.8 Å². The molecule has 0 bridgehead atoms. The van der Waals surface area contributed by atoms with E-state index in [-0.39, 0.29) is 29.1 Å². The van der Waals surface area contributed by atoms with Crippen molar-refractivity contribution in [3.63, 3.8) is 0 Å². The Kier molecular flexibility index (Phi) is 9.92. The molecular formula is C30H33BrClN3O4S. The highest BCUT2D eigenvalue weighted by molar-refractivity contribution is 9.10. The molecule has 0 spiro atoms. The van der Waals surface area contributed by atoms with Crippen molar-refractivity contribution in [2.45, 2.75) is 63.1 Å². The Balaban J connectivity index is 1.69. The maximum atomic E-state index is 14.0. The van der Waals surface area contributed by atoms with E-state index in [2.05, 4.69) is 21.2 Å². The predicted molar refractivity (Wildman–Crippen MR) is 162 cm³/mol. The van der Waals surface area contributed by atoms with Crippen LogP contribution in [-0.2, 0) is 26.2 Å². The SMILES string of the molecule is Cc1ccc(S(=O)(=O)N(CC(=O)N(Cc2cccc(Br)c2)[C@H](C)C(=O)NC2CCCC2)c2cccc(Cl)c2)cc1. The van der Waals surface area contributed by atoms with Gasteiger partial charge in [-0.25, -0.2) is 8.42 Å². The van der Waals surface area contributed by atoms with Gasteiger partial charge >= 0.3 is 0 Å². The van der Waals surface area contributed by atoms with Gasteiger partial charge in [-0.3, -0.25) is 13.9 Å².